The van der Waals surface area contributed by atoms with Crippen molar-refractivity contribution < 1.29 is 9.47 Å². The predicted octanol–water partition coefficient (Wildman–Crippen LogP) is 0.318. The molecular formula is C4H8O2. The number of rotatable bonds is 3. The van der Waals surface area contributed by atoms with E-state index in [1.54, 1.807) is 14.2 Å². The lowest BCUT2D eigenvalue weighted by Crippen LogP contribution is -1.89. The normalized spacial score (nSPS) is 9.00. The van der Waals surface area contributed by atoms with Gasteiger partial charge < -0.3 is 9.47 Å². The number of ether oxygens (including phenoxy) is 2. The molecule has 0 aliphatic rings. The standard InChI is InChI=1S/C4H8O2/c1-5-3-4-6-2/h3H2,1-2H3. The van der Waals surface area contributed by atoms with Gasteiger partial charge in [-0.05, 0) is 0 Å². The Balaban J connectivity index is 2.34. The maximum absolute atomic E-state index is 4.55. The van der Waals surface area contributed by atoms with Gasteiger partial charge in [0.1, 0.15) is 0 Å². The van der Waals surface area contributed by atoms with Crippen LogP contribution in [0.15, 0.2) is 0 Å². The molecular weight excluding hydrogens is 80.0 g/mol. The molecule has 0 aliphatic carbocycles. The molecule has 0 fully saturated rings. The number of hydrogen-bond donors (Lipinski definition) is 0. The van der Waals surface area contributed by atoms with Crippen molar-refractivity contribution >= 4 is 0 Å². The molecule has 6 heavy (non-hydrogen) atoms. The minimum Gasteiger partial charge on any atom is -0.381 e. The predicted molar refractivity (Wildman–Crippen MR) is 22.1 cm³/mol. The molecule has 2 radical (unpaired) electrons. The SMILES string of the molecule is CO[C]COC. The topological polar surface area (TPSA) is 18.5 Å². The lowest BCUT2D eigenvalue weighted by atomic mass is 10.8. The van der Waals surface area contributed by atoms with Crippen LogP contribution >= 0.6 is 0 Å². The summed E-state index contributed by atoms with van der Waals surface area (Å²) in [6, 6.07) is 0. The largest absolute Gasteiger partial charge is 0.381 e. The van der Waals surface area contributed by atoms with Crippen molar-refractivity contribution in [1.29, 1.82) is 0 Å². The second-order valence-corrected chi connectivity index (χ2v) is 0.781. The van der Waals surface area contributed by atoms with Crippen LogP contribution in [-0.2, 0) is 9.47 Å². The van der Waals surface area contributed by atoms with E-state index in [9.17, 15) is 0 Å². The molecule has 0 rings (SSSR count). The van der Waals surface area contributed by atoms with Crippen LogP contribution in [0.1, 0.15) is 0 Å². The Morgan fingerprint density at radius 2 is 2.17 bits per heavy atom. The molecule has 2 nitrogen and oxygen atoms in total. The van der Waals surface area contributed by atoms with Crippen LogP contribution in [0.2, 0.25) is 0 Å². The molecule has 0 aromatic heterocycles. The zero-order valence-corrected chi connectivity index (χ0v) is 4.02. The molecule has 0 spiro atoms. The Morgan fingerprint density at radius 1 is 1.50 bits per heavy atom. The zero-order valence-electron chi connectivity index (χ0n) is 4.02. The Kier molecular flexibility index (Phi) is 4.85. The van der Waals surface area contributed by atoms with Gasteiger partial charge in [-0.2, -0.15) is 0 Å². The van der Waals surface area contributed by atoms with Gasteiger partial charge >= 0.3 is 0 Å². The summed E-state index contributed by atoms with van der Waals surface area (Å²) in [4.78, 5) is 0. The van der Waals surface area contributed by atoms with Crippen molar-refractivity contribution in [2.75, 3.05) is 20.8 Å². The fourth-order valence-corrected chi connectivity index (χ4v) is 0.118. The summed E-state index contributed by atoms with van der Waals surface area (Å²) in [5.41, 5.74) is 0. The van der Waals surface area contributed by atoms with Crippen molar-refractivity contribution in [2.45, 2.75) is 0 Å². The quantitative estimate of drug-likeness (QED) is 0.462. The molecule has 0 atom stereocenters. The first-order valence-electron chi connectivity index (χ1n) is 1.66. The minimum absolute atomic E-state index is 0.441. The van der Waals surface area contributed by atoms with Gasteiger partial charge in [0, 0.05) is 14.2 Å². The van der Waals surface area contributed by atoms with E-state index in [1.807, 2.05) is 0 Å². The highest BCUT2D eigenvalue weighted by Crippen LogP contribution is 1.73. The third-order valence-corrected chi connectivity index (χ3v) is 0.348. The monoisotopic (exact) mass is 88.1 g/mol. The summed E-state index contributed by atoms with van der Waals surface area (Å²) in [5, 5.41) is 0. The van der Waals surface area contributed by atoms with Gasteiger partial charge in [-0.1, -0.05) is 0 Å². The second-order valence-electron chi connectivity index (χ2n) is 0.781. The molecule has 0 bridgehead atoms. The van der Waals surface area contributed by atoms with Gasteiger partial charge in [0.05, 0.1) is 6.61 Å². The van der Waals surface area contributed by atoms with Crippen LogP contribution in [0.5, 0.6) is 0 Å². The Bertz CT molecular complexity index is 17.5. The van der Waals surface area contributed by atoms with E-state index >= 15 is 0 Å². The molecule has 0 heterocycles. The van der Waals surface area contributed by atoms with E-state index in [1.165, 1.54) is 0 Å². The van der Waals surface area contributed by atoms with E-state index in [4.69, 9.17) is 0 Å². The molecule has 0 amide bonds. The summed E-state index contributed by atoms with van der Waals surface area (Å²) in [6.07, 6.45) is 0. The smallest absolute Gasteiger partial charge is 0.159 e. The van der Waals surface area contributed by atoms with Crippen LogP contribution in [0.3, 0.4) is 0 Å². The summed E-state index contributed by atoms with van der Waals surface area (Å²) in [5.74, 6) is 0. The zero-order chi connectivity index (χ0) is 4.83. The molecule has 0 aliphatic heterocycles. The third kappa shape index (κ3) is 3.92. The van der Waals surface area contributed by atoms with Gasteiger partial charge in [-0.25, -0.2) is 0 Å². The molecule has 0 N–H and O–H groups in total. The molecule has 0 unspecified atom stereocenters. The van der Waals surface area contributed by atoms with E-state index in [0.717, 1.165) is 0 Å². The third-order valence-electron chi connectivity index (χ3n) is 0.348. The van der Waals surface area contributed by atoms with Gasteiger partial charge in [0.15, 0.2) is 6.61 Å². The fraction of sp³-hybridized carbons (Fsp3) is 0.750. The first-order chi connectivity index (χ1) is 2.91. The maximum Gasteiger partial charge on any atom is 0.159 e. The molecule has 36 valence electrons. The average molecular weight is 88.1 g/mol. The van der Waals surface area contributed by atoms with Gasteiger partial charge in [0.2, 0.25) is 0 Å². The minimum atomic E-state index is 0.441. The second kappa shape index (κ2) is 4.92. The van der Waals surface area contributed by atoms with Crippen LogP contribution in [0, 0.1) is 6.61 Å². The molecule has 0 saturated heterocycles. The molecule has 2 heteroatoms. The van der Waals surface area contributed by atoms with Crippen LogP contribution in [0.25, 0.3) is 0 Å². The first kappa shape index (κ1) is 5.92. The van der Waals surface area contributed by atoms with Crippen molar-refractivity contribution in [3.8, 4) is 0 Å². The highest BCUT2D eigenvalue weighted by Gasteiger charge is 1.77. The lowest BCUT2D eigenvalue weighted by molar-refractivity contribution is 0.151. The summed E-state index contributed by atoms with van der Waals surface area (Å²) in [7, 11) is 3.13. The highest BCUT2D eigenvalue weighted by atomic mass is 16.5. The summed E-state index contributed by atoms with van der Waals surface area (Å²) < 4.78 is 8.95. The Labute approximate surface area is 38.1 Å². The highest BCUT2D eigenvalue weighted by molar-refractivity contribution is 4.40. The van der Waals surface area contributed by atoms with Crippen molar-refractivity contribution in [3.05, 3.63) is 6.61 Å². The lowest BCUT2D eigenvalue weighted by Gasteiger charge is -1.89. The number of hydrogen-bond acceptors (Lipinski definition) is 2. The van der Waals surface area contributed by atoms with E-state index in [2.05, 4.69) is 16.1 Å². The van der Waals surface area contributed by atoms with E-state index in [0.29, 0.717) is 6.61 Å². The maximum atomic E-state index is 4.55. The first-order valence-corrected chi connectivity index (χ1v) is 1.66. The van der Waals surface area contributed by atoms with E-state index < -0.39 is 0 Å². The molecule has 0 aromatic carbocycles. The molecule has 0 aromatic rings. The van der Waals surface area contributed by atoms with Crippen molar-refractivity contribution in [2.24, 2.45) is 0 Å². The van der Waals surface area contributed by atoms with E-state index in [-0.39, 0.29) is 0 Å². The number of methoxy groups -OCH3 is 2. The van der Waals surface area contributed by atoms with Gasteiger partial charge in [-0.3, -0.25) is 0 Å². The van der Waals surface area contributed by atoms with Gasteiger partial charge in [-0.15, -0.1) is 0 Å². The Hall–Kier alpha value is -0.0800. The summed E-state index contributed by atoms with van der Waals surface area (Å²) >= 11 is 0. The van der Waals surface area contributed by atoms with Crippen molar-refractivity contribution in [3.63, 3.8) is 0 Å². The van der Waals surface area contributed by atoms with Crippen LogP contribution < -0.4 is 0 Å². The summed E-state index contributed by atoms with van der Waals surface area (Å²) in [6.45, 7) is 2.92. The average Bonchev–Trinajstić information content (AvgIpc) is 1.61. The van der Waals surface area contributed by atoms with Gasteiger partial charge in [0.25, 0.3) is 0 Å². The van der Waals surface area contributed by atoms with Crippen molar-refractivity contribution in [1.82, 2.24) is 0 Å². The molecule has 0 saturated carbocycles. The fourth-order valence-electron chi connectivity index (χ4n) is 0.118. The van der Waals surface area contributed by atoms with Crippen LogP contribution in [-0.4, -0.2) is 20.8 Å². The van der Waals surface area contributed by atoms with Crippen LogP contribution in [0.4, 0.5) is 0 Å². The Morgan fingerprint density at radius 3 is 2.33 bits per heavy atom.